The second-order valence-corrected chi connectivity index (χ2v) is 8.23. The molecule has 0 saturated carbocycles. The lowest BCUT2D eigenvalue weighted by Crippen LogP contribution is -2.32. The number of carboxylic acids is 2. The van der Waals surface area contributed by atoms with E-state index in [1.54, 1.807) is 24.5 Å². The number of alkyl halides is 6. The van der Waals surface area contributed by atoms with Crippen LogP contribution in [0.15, 0.2) is 36.7 Å². The fraction of sp³-hybridized carbons (Fsp3) is 0.455. The third-order valence-electron chi connectivity index (χ3n) is 5.41. The molecule has 2 aliphatic rings. The zero-order chi connectivity index (χ0) is 29.4. The van der Waals surface area contributed by atoms with Crippen LogP contribution in [0.4, 0.5) is 32.3 Å². The number of carboxylic acid groups (broad SMARTS) is 2. The van der Waals surface area contributed by atoms with Gasteiger partial charge in [0.05, 0.1) is 12.7 Å². The molecule has 1 amide bonds. The van der Waals surface area contributed by atoms with Crippen molar-refractivity contribution in [1.29, 1.82) is 0 Å². The Hall–Kier alpha value is -4.02. The molecule has 0 radical (unpaired) electrons. The Kier molecular flexibility index (Phi) is 10.5. The number of fused-ring (bicyclic) bond motifs is 1. The van der Waals surface area contributed by atoms with E-state index in [1.807, 2.05) is 24.0 Å². The molecule has 17 heteroatoms. The molecule has 0 aliphatic carbocycles. The van der Waals surface area contributed by atoms with Gasteiger partial charge in [0, 0.05) is 49.6 Å². The molecule has 2 aliphatic heterocycles. The first-order chi connectivity index (χ1) is 18.1. The first-order valence-electron chi connectivity index (χ1n) is 11.0. The molecule has 2 aromatic heterocycles. The highest BCUT2D eigenvalue weighted by Gasteiger charge is 2.45. The number of carbonyl (C=O) groups excluding carboxylic acids is 1. The van der Waals surface area contributed by atoms with Crippen LogP contribution in [-0.4, -0.2) is 92.6 Å². The van der Waals surface area contributed by atoms with Crippen LogP contribution in [-0.2, 0) is 14.3 Å². The fourth-order valence-corrected chi connectivity index (χ4v) is 3.61. The van der Waals surface area contributed by atoms with E-state index in [1.165, 1.54) is 0 Å². The van der Waals surface area contributed by atoms with Gasteiger partial charge < -0.3 is 25.2 Å². The van der Waals surface area contributed by atoms with Gasteiger partial charge in [0.2, 0.25) is 5.95 Å². The van der Waals surface area contributed by atoms with E-state index in [-0.39, 0.29) is 12.0 Å². The molecule has 39 heavy (non-hydrogen) atoms. The van der Waals surface area contributed by atoms with Gasteiger partial charge in [-0.05, 0) is 25.1 Å². The SMILES string of the molecule is Cc1cccc(C(=O)N2C[C@@H]3[C@@H](CNc4ncccn4)CO[C@@H]3C2)n1.O=C(O)C(F)(F)F.O=C(O)C(F)(F)F. The number of halogens is 6. The van der Waals surface area contributed by atoms with Crippen molar-refractivity contribution in [3.8, 4) is 0 Å². The minimum Gasteiger partial charge on any atom is -0.475 e. The van der Waals surface area contributed by atoms with Gasteiger partial charge in [0.1, 0.15) is 5.69 Å². The Morgan fingerprint density at radius 3 is 2.08 bits per heavy atom. The topological polar surface area (TPSA) is 155 Å². The largest absolute Gasteiger partial charge is 0.490 e. The number of nitrogens with one attached hydrogen (secondary N) is 1. The molecular weight excluding hydrogens is 544 g/mol. The third kappa shape index (κ3) is 9.66. The van der Waals surface area contributed by atoms with E-state index in [0.29, 0.717) is 43.2 Å². The van der Waals surface area contributed by atoms with Crippen molar-refractivity contribution < 1.29 is 55.7 Å². The second kappa shape index (κ2) is 13.2. The summed E-state index contributed by atoms with van der Waals surface area (Å²) >= 11 is 0. The highest BCUT2D eigenvalue weighted by molar-refractivity contribution is 5.92. The smallest absolute Gasteiger partial charge is 0.475 e. The summed E-state index contributed by atoms with van der Waals surface area (Å²) in [5, 5.41) is 17.5. The summed E-state index contributed by atoms with van der Waals surface area (Å²) in [4.78, 5) is 45.1. The van der Waals surface area contributed by atoms with Gasteiger partial charge in [-0.15, -0.1) is 0 Å². The van der Waals surface area contributed by atoms with Gasteiger partial charge in [-0.1, -0.05) is 6.07 Å². The molecule has 0 spiro atoms. The molecule has 214 valence electrons. The van der Waals surface area contributed by atoms with Crippen LogP contribution in [0.3, 0.4) is 0 Å². The number of rotatable bonds is 4. The maximum absolute atomic E-state index is 12.7. The first kappa shape index (κ1) is 31.2. The number of aryl methyl sites for hydroxylation is 1. The standard InChI is InChI=1S/C18H21N5O2.2C2HF3O2/c1-12-4-2-5-15(22-12)17(24)23-9-14-13(11-25-16(14)10-23)8-21-18-19-6-3-7-20-18;2*3-2(4,5)1(6)7/h2-7,13-14,16H,8-11H2,1H3,(H,19,20,21);2*(H,6,7)/t13-,14+,16+;;/m0../s1. The van der Waals surface area contributed by atoms with Gasteiger partial charge in [0.25, 0.3) is 5.91 Å². The number of likely N-dealkylation sites (tertiary alicyclic amines) is 1. The van der Waals surface area contributed by atoms with E-state index in [9.17, 15) is 31.1 Å². The molecule has 0 unspecified atom stereocenters. The van der Waals surface area contributed by atoms with Crippen LogP contribution < -0.4 is 5.32 Å². The molecular formula is C22H23F6N5O6. The predicted molar refractivity (Wildman–Crippen MR) is 120 cm³/mol. The van der Waals surface area contributed by atoms with Crippen molar-refractivity contribution in [1.82, 2.24) is 19.9 Å². The first-order valence-corrected chi connectivity index (χ1v) is 11.0. The van der Waals surface area contributed by atoms with Crippen molar-refractivity contribution in [3.63, 3.8) is 0 Å². The van der Waals surface area contributed by atoms with Gasteiger partial charge in [-0.2, -0.15) is 26.3 Å². The average Bonchev–Trinajstić information content (AvgIpc) is 3.44. The summed E-state index contributed by atoms with van der Waals surface area (Å²) in [5.74, 6) is -4.22. The monoisotopic (exact) mass is 567 g/mol. The van der Waals surface area contributed by atoms with E-state index in [4.69, 9.17) is 24.5 Å². The van der Waals surface area contributed by atoms with Crippen LogP contribution >= 0.6 is 0 Å². The zero-order valence-corrected chi connectivity index (χ0v) is 20.1. The summed E-state index contributed by atoms with van der Waals surface area (Å²) in [6, 6.07) is 7.33. The number of amides is 1. The number of nitrogens with zero attached hydrogens (tertiary/aromatic N) is 4. The lowest BCUT2D eigenvalue weighted by Gasteiger charge is -2.20. The van der Waals surface area contributed by atoms with E-state index >= 15 is 0 Å². The van der Waals surface area contributed by atoms with Crippen LogP contribution in [0.2, 0.25) is 0 Å². The van der Waals surface area contributed by atoms with Crippen LogP contribution in [0.25, 0.3) is 0 Å². The lowest BCUT2D eigenvalue weighted by molar-refractivity contribution is -0.193. The Morgan fingerprint density at radius 2 is 1.56 bits per heavy atom. The predicted octanol–water partition coefficient (Wildman–Crippen LogP) is 2.65. The molecule has 0 bridgehead atoms. The number of hydrogen-bond acceptors (Lipinski definition) is 8. The second-order valence-electron chi connectivity index (χ2n) is 8.23. The summed E-state index contributed by atoms with van der Waals surface area (Å²) < 4.78 is 69.4. The maximum Gasteiger partial charge on any atom is 0.490 e. The van der Waals surface area contributed by atoms with Gasteiger partial charge in [-0.25, -0.2) is 24.5 Å². The number of carbonyl (C=O) groups is 3. The molecule has 2 saturated heterocycles. The van der Waals surface area contributed by atoms with Gasteiger partial charge in [-0.3, -0.25) is 4.79 Å². The van der Waals surface area contributed by atoms with Crippen LogP contribution in [0.5, 0.6) is 0 Å². The lowest BCUT2D eigenvalue weighted by atomic mass is 9.93. The van der Waals surface area contributed by atoms with Crippen LogP contribution in [0.1, 0.15) is 16.2 Å². The minimum atomic E-state index is -5.08. The number of aromatic nitrogens is 3. The van der Waals surface area contributed by atoms with E-state index < -0.39 is 24.3 Å². The minimum absolute atomic E-state index is 0.0141. The third-order valence-corrected chi connectivity index (χ3v) is 5.41. The van der Waals surface area contributed by atoms with Crippen LogP contribution in [0, 0.1) is 18.8 Å². The van der Waals surface area contributed by atoms with Crippen molar-refractivity contribution >= 4 is 23.8 Å². The van der Waals surface area contributed by atoms with Crippen molar-refractivity contribution in [2.75, 3.05) is 31.6 Å². The number of anilines is 1. The number of ether oxygens (including phenoxy) is 1. The van der Waals surface area contributed by atoms with Crippen molar-refractivity contribution in [2.24, 2.45) is 11.8 Å². The molecule has 2 aromatic rings. The van der Waals surface area contributed by atoms with E-state index in [2.05, 4.69) is 20.3 Å². The Bertz CT molecular complexity index is 1110. The molecule has 3 N–H and O–H groups in total. The highest BCUT2D eigenvalue weighted by Crippen LogP contribution is 2.34. The quantitative estimate of drug-likeness (QED) is 0.470. The molecule has 0 aromatic carbocycles. The maximum atomic E-state index is 12.7. The van der Waals surface area contributed by atoms with Gasteiger partial charge in [0.15, 0.2) is 0 Å². The fourth-order valence-electron chi connectivity index (χ4n) is 3.61. The summed E-state index contributed by atoms with van der Waals surface area (Å²) in [6.07, 6.45) is -6.63. The molecule has 4 rings (SSSR count). The number of hydrogen-bond donors (Lipinski definition) is 3. The number of aliphatic carboxylic acids is 2. The zero-order valence-electron chi connectivity index (χ0n) is 20.1. The van der Waals surface area contributed by atoms with Crippen molar-refractivity contribution in [2.45, 2.75) is 25.4 Å². The Balaban J connectivity index is 0.000000317. The number of pyridine rings is 1. The highest BCUT2D eigenvalue weighted by atomic mass is 19.4. The van der Waals surface area contributed by atoms with Crippen molar-refractivity contribution in [3.05, 3.63) is 48.0 Å². The normalized spacial score (nSPS) is 20.1. The summed E-state index contributed by atoms with van der Waals surface area (Å²) in [5.41, 5.74) is 1.36. The summed E-state index contributed by atoms with van der Waals surface area (Å²) in [6.45, 7) is 4.69. The molecule has 11 nitrogen and oxygen atoms in total. The Labute approximate surface area is 216 Å². The Morgan fingerprint density at radius 1 is 1.00 bits per heavy atom. The average molecular weight is 567 g/mol. The summed E-state index contributed by atoms with van der Waals surface area (Å²) in [7, 11) is 0. The van der Waals surface area contributed by atoms with E-state index in [0.717, 1.165) is 12.2 Å². The molecule has 2 fully saturated rings. The van der Waals surface area contributed by atoms with Gasteiger partial charge >= 0.3 is 24.3 Å². The molecule has 3 atom stereocenters. The molecule has 4 heterocycles.